The number of rotatable bonds is 6. The van der Waals surface area contributed by atoms with E-state index < -0.39 is 0 Å². The van der Waals surface area contributed by atoms with E-state index >= 15 is 0 Å². The van der Waals surface area contributed by atoms with Crippen LogP contribution in [0.1, 0.15) is 46.0 Å². The Morgan fingerprint density at radius 3 is 2.72 bits per heavy atom. The van der Waals surface area contributed by atoms with Crippen molar-refractivity contribution in [3.05, 3.63) is 24.3 Å². The number of ether oxygens (including phenoxy) is 1. The van der Waals surface area contributed by atoms with Crippen LogP contribution < -0.4 is 10.1 Å². The third-order valence-corrected chi connectivity index (χ3v) is 3.84. The number of para-hydroxylation sites is 2. The molecule has 2 rings (SSSR count). The molecule has 18 heavy (non-hydrogen) atoms. The topological polar surface area (TPSA) is 21.3 Å². The third kappa shape index (κ3) is 3.41. The fourth-order valence-corrected chi connectivity index (χ4v) is 2.74. The summed E-state index contributed by atoms with van der Waals surface area (Å²) in [5.74, 6) is 1.81. The van der Waals surface area contributed by atoms with Crippen LogP contribution in [0.25, 0.3) is 0 Å². The second-order valence-corrected chi connectivity index (χ2v) is 5.32. The van der Waals surface area contributed by atoms with Gasteiger partial charge in [0, 0.05) is 6.04 Å². The lowest BCUT2D eigenvalue weighted by Crippen LogP contribution is -2.24. The smallest absolute Gasteiger partial charge is 0.142 e. The molecule has 2 nitrogen and oxygen atoms in total. The Balaban J connectivity index is 1.98. The Kier molecular flexibility index (Phi) is 4.91. The number of nitrogens with one attached hydrogen (secondary N) is 1. The van der Waals surface area contributed by atoms with Gasteiger partial charge in [0.15, 0.2) is 0 Å². The lowest BCUT2D eigenvalue weighted by molar-refractivity contribution is 0.318. The standard InChI is InChI=1S/C16H25NO/c1-3-12-18-16-11-7-6-10-15(16)17-13(2)14-8-4-5-9-14/h6-7,10-11,13-14,17H,3-5,8-9,12H2,1-2H3. The molecular weight excluding hydrogens is 222 g/mol. The van der Waals surface area contributed by atoms with Crippen molar-refractivity contribution in [1.82, 2.24) is 0 Å². The zero-order valence-electron chi connectivity index (χ0n) is 11.6. The predicted octanol–water partition coefficient (Wildman–Crippen LogP) is 4.47. The first-order valence-corrected chi connectivity index (χ1v) is 7.29. The van der Waals surface area contributed by atoms with E-state index in [1.165, 1.54) is 25.7 Å². The number of hydrogen-bond acceptors (Lipinski definition) is 2. The minimum absolute atomic E-state index is 0.541. The minimum Gasteiger partial charge on any atom is -0.491 e. The van der Waals surface area contributed by atoms with Gasteiger partial charge in [-0.1, -0.05) is 31.9 Å². The van der Waals surface area contributed by atoms with Crippen LogP contribution >= 0.6 is 0 Å². The van der Waals surface area contributed by atoms with Crippen LogP contribution in [0.5, 0.6) is 5.75 Å². The van der Waals surface area contributed by atoms with Crippen molar-refractivity contribution in [1.29, 1.82) is 0 Å². The highest BCUT2D eigenvalue weighted by molar-refractivity contribution is 5.56. The summed E-state index contributed by atoms with van der Waals surface area (Å²) in [6.07, 6.45) is 6.57. The van der Waals surface area contributed by atoms with Gasteiger partial charge in [-0.05, 0) is 44.2 Å². The molecule has 1 unspecified atom stereocenters. The molecule has 1 aliphatic carbocycles. The minimum atomic E-state index is 0.541. The molecule has 100 valence electrons. The highest BCUT2D eigenvalue weighted by Crippen LogP contribution is 2.31. The molecule has 1 aromatic carbocycles. The molecule has 0 bridgehead atoms. The Morgan fingerprint density at radius 2 is 2.00 bits per heavy atom. The van der Waals surface area contributed by atoms with Gasteiger partial charge < -0.3 is 10.1 Å². The molecule has 0 amide bonds. The molecule has 1 aliphatic rings. The predicted molar refractivity (Wildman–Crippen MR) is 77.3 cm³/mol. The van der Waals surface area contributed by atoms with Crippen LogP contribution in [-0.4, -0.2) is 12.6 Å². The largest absolute Gasteiger partial charge is 0.491 e. The number of anilines is 1. The van der Waals surface area contributed by atoms with E-state index in [0.717, 1.165) is 30.4 Å². The quantitative estimate of drug-likeness (QED) is 0.801. The van der Waals surface area contributed by atoms with Crippen LogP contribution in [0.15, 0.2) is 24.3 Å². The monoisotopic (exact) mass is 247 g/mol. The Morgan fingerprint density at radius 1 is 1.28 bits per heavy atom. The van der Waals surface area contributed by atoms with Crippen molar-refractivity contribution >= 4 is 5.69 Å². The summed E-state index contributed by atoms with van der Waals surface area (Å²) in [4.78, 5) is 0. The second-order valence-electron chi connectivity index (χ2n) is 5.32. The molecule has 0 radical (unpaired) electrons. The molecular formula is C16H25NO. The molecule has 0 aliphatic heterocycles. The maximum absolute atomic E-state index is 5.79. The highest BCUT2D eigenvalue weighted by atomic mass is 16.5. The Labute approximate surface area is 111 Å². The van der Waals surface area contributed by atoms with Gasteiger partial charge in [-0.3, -0.25) is 0 Å². The van der Waals surface area contributed by atoms with Gasteiger partial charge in [-0.25, -0.2) is 0 Å². The SMILES string of the molecule is CCCOc1ccccc1NC(C)C1CCCC1. The molecule has 1 fully saturated rings. The van der Waals surface area contributed by atoms with Crippen molar-refractivity contribution in [3.63, 3.8) is 0 Å². The van der Waals surface area contributed by atoms with E-state index in [0.29, 0.717) is 6.04 Å². The van der Waals surface area contributed by atoms with Gasteiger partial charge in [0.1, 0.15) is 5.75 Å². The first kappa shape index (κ1) is 13.3. The number of benzene rings is 1. The fraction of sp³-hybridized carbons (Fsp3) is 0.625. The molecule has 2 heteroatoms. The van der Waals surface area contributed by atoms with E-state index in [1.54, 1.807) is 0 Å². The van der Waals surface area contributed by atoms with Crippen molar-refractivity contribution in [2.24, 2.45) is 5.92 Å². The van der Waals surface area contributed by atoms with Gasteiger partial charge in [0.05, 0.1) is 12.3 Å². The molecule has 0 aromatic heterocycles. The van der Waals surface area contributed by atoms with Crippen molar-refractivity contribution in [2.45, 2.75) is 52.0 Å². The first-order chi connectivity index (χ1) is 8.81. The van der Waals surface area contributed by atoms with Gasteiger partial charge in [-0.15, -0.1) is 0 Å². The fourth-order valence-electron chi connectivity index (χ4n) is 2.74. The second kappa shape index (κ2) is 6.67. The summed E-state index contributed by atoms with van der Waals surface area (Å²) in [5.41, 5.74) is 1.14. The zero-order valence-corrected chi connectivity index (χ0v) is 11.6. The van der Waals surface area contributed by atoms with Gasteiger partial charge in [0.25, 0.3) is 0 Å². The summed E-state index contributed by atoms with van der Waals surface area (Å²) < 4.78 is 5.79. The van der Waals surface area contributed by atoms with E-state index in [9.17, 15) is 0 Å². The van der Waals surface area contributed by atoms with E-state index in [1.807, 2.05) is 6.07 Å². The van der Waals surface area contributed by atoms with Gasteiger partial charge >= 0.3 is 0 Å². The molecule has 0 heterocycles. The van der Waals surface area contributed by atoms with E-state index in [-0.39, 0.29) is 0 Å². The lowest BCUT2D eigenvalue weighted by Gasteiger charge is -2.23. The Hall–Kier alpha value is -1.18. The van der Waals surface area contributed by atoms with Crippen LogP contribution in [-0.2, 0) is 0 Å². The van der Waals surface area contributed by atoms with Crippen molar-refractivity contribution < 1.29 is 4.74 Å². The summed E-state index contributed by atoms with van der Waals surface area (Å²) in [7, 11) is 0. The summed E-state index contributed by atoms with van der Waals surface area (Å²) in [6, 6.07) is 8.83. The molecule has 1 atom stereocenters. The van der Waals surface area contributed by atoms with E-state index in [4.69, 9.17) is 4.74 Å². The van der Waals surface area contributed by atoms with Crippen LogP contribution in [0, 0.1) is 5.92 Å². The van der Waals surface area contributed by atoms with Crippen molar-refractivity contribution in [3.8, 4) is 5.75 Å². The zero-order chi connectivity index (χ0) is 12.8. The average molecular weight is 247 g/mol. The van der Waals surface area contributed by atoms with E-state index in [2.05, 4.69) is 37.4 Å². The summed E-state index contributed by atoms with van der Waals surface area (Å²) in [5, 5.41) is 3.64. The third-order valence-electron chi connectivity index (χ3n) is 3.84. The lowest BCUT2D eigenvalue weighted by atomic mass is 9.99. The highest BCUT2D eigenvalue weighted by Gasteiger charge is 2.21. The maximum Gasteiger partial charge on any atom is 0.142 e. The van der Waals surface area contributed by atoms with Crippen LogP contribution in [0.3, 0.4) is 0 Å². The molecule has 0 saturated heterocycles. The molecule has 1 saturated carbocycles. The summed E-state index contributed by atoms with van der Waals surface area (Å²) >= 11 is 0. The molecule has 1 aromatic rings. The molecule has 0 spiro atoms. The maximum atomic E-state index is 5.79. The number of hydrogen-bond donors (Lipinski definition) is 1. The first-order valence-electron chi connectivity index (χ1n) is 7.29. The summed E-state index contributed by atoms with van der Waals surface area (Å²) in [6.45, 7) is 5.22. The van der Waals surface area contributed by atoms with Gasteiger partial charge in [-0.2, -0.15) is 0 Å². The van der Waals surface area contributed by atoms with Crippen LogP contribution in [0.4, 0.5) is 5.69 Å². The van der Waals surface area contributed by atoms with Crippen molar-refractivity contribution in [2.75, 3.05) is 11.9 Å². The van der Waals surface area contributed by atoms with Crippen LogP contribution in [0.2, 0.25) is 0 Å². The normalized spacial score (nSPS) is 17.7. The Bertz CT molecular complexity index is 358. The molecule has 1 N–H and O–H groups in total. The average Bonchev–Trinajstić information content (AvgIpc) is 2.91. The van der Waals surface area contributed by atoms with Gasteiger partial charge in [0.2, 0.25) is 0 Å².